The van der Waals surface area contributed by atoms with E-state index in [2.05, 4.69) is 36.6 Å². The molecule has 0 saturated carbocycles. The van der Waals surface area contributed by atoms with Crippen LogP contribution in [-0.2, 0) is 9.47 Å². The summed E-state index contributed by atoms with van der Waals surface area (Å²) in [4.78, 5) is 10.9. The van der Waals surface area contributed by atoms with Gasteiger partial charge in [0.1, 0.15) is 6.61 Å². The van der Waals surface area contributed by atoms with E-state index in [0.717, 1.165) is 11.8 Å². The molecule has 0 aliphatic heterocycles. The Balaban J connectivity index is 3.31. The zero-order valence-electron chi connectivity index (χ0n) is 6.89. The molecule has 12 heavy (non-hydrogen) atoms. The lowest BCUT2D eigenvalue weighted by atomic mass is 10.5. The summed E-state index contributed by atoms with van der Waals surface area (Å²) in [6, 6.07) is 0. The van der Waals surface area contributed by atoms with Gasteiger partial charge < -0.3 is 9.47 Å². The first kappa shape index (κ1) is 12.2. The molecular weight excluding hydrogens is 292 g/mol. The Morgan fingerprint density at radius 2 is 2.17 bits per heavy atom. The van der Waals surface area contributed by atoms with Crippen molar-refractivity contribution in [3.63, 3.8) is 0 Å². The first-order chi connectivity index (χ1) is 5.70. The van der Waals surface area contributed by atoms with E-state index in [0.29, 0.717) is 13.2 Å². The van der Waals surface area contributed by atoms with Gasteiger partial charge in [0, 0.05) is 5.33 Å². The van der Waals surface area contributed by atoms with Gasteiger partial charge in [0.15, 0.2) is 0 Å². The fraction of sp³-hybridized carbons (Fsp3) is 0.857. The van der Waals surface area contributed by atoms with E-state index in [1.165, 1.54) is 0 Å². The molecule has 0 aromatic carbocycles. The minimum Gasteiger partial charge on any atom is -0.434 e. The number of hydrogen-bond donors (Lipinski definition) is 0. The van der Waals surface area contributed by atoms with E-state index in [1.54, 1.807) is 0 Å². The van der Waals surface area contributed by atoms with Crippen LogP contribution in [0, 0.1) is 0 Å². The molecule has 0 rings (SSSR count). The molecule has 0 N–H and O–H groups in total. The summed E-state index contributed by atoms with van der Waals surface area (Å²) in [6.07, 6.45) is 0.216. The van der Waals surface area contributed by atoms with Crippen LogP contribution in [0.15, 0.2) is 0 Å². The number of alkyl halides is 2. The van der Waals surface area contributed by atoms with Gasteiger partial charge in [-0.1, -0.05) is 38.8 Å². The highest BCUT2D eigenvalue weighted by Crippen LogP contribution is 2.04. The van der Waals surface area contributed by atoms with E-state index in [1.807, 2.05) is 6.92 Å². The minimum absolute atomic E-state index is 0.145. The van der Waals surface area contributed by atoms with Gasteiger partial charge in [-0.2, -0.15) is 0 Å². The summed E-state index contributed by atoms with van der Waals surface area (Å²) in [5.74, 6) is 0. The topological polar surface area (TPSA) is 35.5 Å². The molecule has 0 aliphatic carbocycles. The molecule has 3 nitrogen and oxygen atoms in total. The molecule has 72 valence electrons. The molecule has 0 heterocycles. The van der Waals surface area contributed by atoms with Crippen molar-refractivity contribution in [1.82, 2.24) is 0 Å². The number of carbonyl (C=O) groups is 1. The van der Waals surface area contributed by atoms with Crippen molar-refractivity contribution in [3.05, 3.63) is 0 Å². The second-order valence-corrected chi connectivity index (χ2v) is 4.10. The van der Waals surface area contributed by atoms with Crippen molar-refractivity contribution < 1.29 is 14.3 Å². The SMILES string of the molecule is CCCOC(=O)OCC(Br)CBr. The predicted octanol–water partition coefficient (Wildman–Crippen LogP) is 2.71. The van der Waals surface area contributed by atoms with Crippen LogP contribution < -0.4 is 0 Å². The Labute approximate surface area is 89.1 Å². The first-order valence-electron chi connectivity index (χ1n) is 3.70. The maximum Gasteiger partial charge on any atom is 0.508 e. The average Bonchev–Trinajstić information content (AvgIpc) is 2.10. The predicted molar refractivity (Wildman–Crippen MR) is 54.1 cm³/mol. The summed E-state index contributed by atoms with van der Waals surface area (Å²) in [7, 11) is 0. The molecule has 0 radical (unpaired) electrons. The third kappa shape index (κ3) is 6.91. The molecule has 0 saturated heterocycles. The molecule has 1 atom stereocenters. The van der Waals surface area contributed by atoms with Gasteiger partial charge in [0.25, 0.3) is 0 Å². The van der Waals surface area contributed by atoms with Crippen LogP contribution in [0.4, 0.5) is 4.79 Å². The number of carbonyl (C=O) groups excluding carboxylic acids is 1. The van der Waals surface area contributed by atoms with E-state index >= 15 is 0 Å². The molecular formula is C7H12Br2O3. The lowest BCUT2D eigenvalue weighted by Crippen LogP contribution is -2.15. The van der Waals surface area contributed by atoms with Crippen LogP contribution in [0.5, 0.6) is 0 Å². The Morgan fingerprint density at radius 3 is 2.67 bits per heavy atom. The molecule has 1 unspecified atom stereocenters. The van der Waals surface area contributed by atoms with Crippen LogP contribution in [0.3, 0.4) is 0 Å². The van der Waals surface area contributed by atoms with Crippen molar-refractivity contribution in [2.45, 2.75) is 18.2 Å². The summed E-state index contributed by atoms with van der Waals surface area (Å²) in [5, 5.41) is 0.744. The highest BCUT2D eigenvalue weighted by atomic mass is 79.9. The smallest absolute Gasteiger partial charge is 0.434 e. The number of hydrogen-bond acceptors (Lipinski definition) is 3. The van der Waals surface area contributed by atoms with Crippen molar-refractivity contribution in [3.8, 4) is 0 Å². The fourth-order valence-electron chi connectivity index (χ4n) is 0.430. The molecule has 0 aliphatic rings. The van der Waals surface area contributed by atoms with Gasteiger partial charge in [-0.3, -0.25) is 0 Å². The van der Waals surface area contributed by atoms with E-state index < -0.39 is 6.16 Å². The summed E-state index contributed by atoms with van der Waals surface area (Å²) in [6.45, 7) is 2.67. The quantitative estimate of drug-likeness (QED) is 0.579. The standard InChI is InChI=1S/C7H12Br2O3/c1-2-3-11-7(10)12-5-6(9)4-8/h6H,2-5H2,1H3. The number of halogens is 2. The molecule has 0 aromatic rings. The van der Waals surface area contributed by atoms with Crippen LogP contribution in [0.1, 0.15) is 13.3 Å². The van der Waals surface area contributed by atoms with Crippen LogP contribution in [0.2, 0.25) is 0 Å². The molecule has 0 fully saturated rings. The molecule has 0 aromatic heterocycles. The first-order valence-corrected chi connectivity index (χ1v) is 5.74. The third-order valence-electron chi connectivity index (χ3n) is 0.973. The maximum absolute atomic E-state index is 10.7. The zero-order valence-corrected chi connectivity index (χ0v) is 10.1. The number of ether oxygens (including phenoxy) is 2. The van der Waals surface area contributed by atoms with Crippen LogP contribution >= 0.6 is 31.9 Å². The van der Waals surface area contributed by atoms with Crippen LogP contribution in [-0.4, -0.2) is 29.5 Å². The molecule has 0 spiro atoms. The van der Waals surface area contributed by atoms with E-state index in [9.17, 15) is 4.79 Å². The van der Waals surface area contributed by atoms with Crippen LogP contribution in [0.25, 0.3) is 0 Å². The average molecular weight is 304 g/mol. The maximum atomic E-state index is 10.7. The molecule has 0 amide bonds. The summed E-state index contributed by atoms with van der Waals surface area (Å²) >= 11 is 6.53. The van der Waals surface area contributed by atoms with Gasteiger partial charge in [-0.15, -0.1) is 0 Å². The minimum atomic E-state index is -0.595. The fourth-order valence-corrected chi connectivity index (χ4v) is 0.749. The second kappa shape index (κ2) is 7.86. The zero-order chi connectivity index (χ0) is 9.40. The summed E-state index contributed by atoms with van der Waals surface area (Å²) in [5.41, 5.74) is 0. The summed E-state index contributed by atoms with van der Waals surface area (Å²) < 4.78 is 9.45. The normalized spacial score (nSPS) is 12.2. The lowest BCUT2D eigenvalue weighted by molar-refractivity contribution is 0.0569. The molecule has 5 heteroatoms. The Bertz CT molecular complexity index is 130. The van der Waals surface area contributed by atoms with E-state index in [4.69, 9.17) is 4.74 Å². The Morgan fingerprint density at radius 1 is 1.50 bits per heavy atom. The van der Waals surface area contributed by atoms with Gasteiger partial charge in [-0.25, -0.2) is 4.79 Å². The van der Waals surface area contributed by atoms with Crippen molar-refractivity contribution in [2.24, 2.45) is 0 Å². The number of rotatable bonds is 5. The van der Waals surface area contributed by atoms with Gasteiger partial charge >= 0.3 is 6.16 Å². The van der Waals surface area contributed by atoms with Crippen molar-refractivity contribution >= 4 is 38.0 Å². The van der Waals surface area contributed by atoms with Crippen molar-refractivity contribution in [2.75, 3.05) is 18.5 Å². The second-order valence-electron chi connectivity index (χ2n) is 2.16. The largest absolute Gasteiger partial charge is 0.508 e. The van der Waals surface area contributed by atoms with E-state index in [-0.39, 0.29) is 4.83 Å². The highest BCUT2D eigenvalue weighted by Gasteiger charge is 2.07. The van der Waals surface area contributed by atoms with Gasteiger partial charge in [-0.05, 0) is 6.42 Å². The van der Waals surface area contributed by atoms with Gasteiger partial charge in [0.2, 0.25) is 0 Å². The van der Waals surface area contributed by atoms with Crippen molar-refractivity contribution in [1.29, 1.82) is 0 Å². The third-order valence-corrected chi connectivity index (χ3v) is 3.21. The van der Waals surface area contributed by atoms with Gasteiger partial charge in [0.05, 0.1) is 11.4 Å². The molecule has 0 bridgehead atoms. The lowest BCUT2D eigenvalue weighted by Gasteiger charge is -2.07. The Kier molecular flexibility index (Phi) is 8.01. The highest BCUT2D eigenvalue weighted by molar-refractivity contribution is 9.12. The monoisotopic (exact) mass is 302 g/mol. The Hall–Kier alpha value is 0.230.